The molecule has 34 heavy (non-hydrogen) atoms. The van der Waals surface area contributed by atoms with Gasteiger partial charge in [-0.2, -0.15) is 0 Å². The number of hydrogen-bond donors (Lipinski definition) is 0. The molecule has 1 aromatic carbocycles. The first kappa shape index (κ1) is 28.1. The van der Waals surface area contributed by atoms with E-state index in [-0.39, 0.29) is 12.0 Å². The van der Waals surface area contributed by atoms with Crippen LogP contribution in [-0.2, 0) is 25.8 Å². The van der Waals surface area contributed by atoms with Crippen LogP contribution in [0, 0.1) is 0 Å². The molecule has 8 nitrogen and oxygen atoms in total. The van der Waals surface area contributed by atoms with Crippen molar-refractivity contribution in [3.8, 4) is 0 Å². The number of ether oxygens (including phenoxy) is 1. The van der Waals surface area contributed by atoms with Crippen molar-refractivity contribution in [2.75, 3.05) is 52.1 Å². The largest absolute Gasteiger partial charge is 0.450 e. The van der Waals surface area contributed by atoms with Crippen LogP contribution in [0.25, 0.3) is 0 Å². The van der Waals surface area contributed by atoms with Crippen LogP contribution in [0.1, 0.15) is 52.0 Å². The minimum atomic E-state index is -3.18. The smallest absolute Gasteiger partial charge is 0.409 e. The molecule has 1 heterocycles. The number of nitrogens with zero attached hydrogens (tertiary/aromatic N) is 3. The average Bonchev–Trinajstić information content (AvgIpc) is 2.97. The lowest BCUT2D eigenvalue weighted by molar-refractivity contribution is -0.130. The van der Waals surface area contributed by atoms with Crippen LogP contribution in [0.15, 0.2) is 29.2 Å². The van der Waals surface area contributed by atoms with Gasteiger partial charge < -0.3 is 19.4 Å². The molecule has 1 fully saturated rings. The summed E-state index contributed by atoms with van der Waals surface area (Å²) in [6.07, 6.45) is 5.06. The normalized spacial score (nSPS) is 16.0. The van der Waals surface area contributed by atoms with Crippen LogP contribution in [0.5, 0.6) is 0 Å². The SMILES string of the molecule is CCCN(CCCCN1CCN(C(=O)OCC)CCC1=O)C(C)Cc1ccc(S(C)(=O)=O)cc1. The molecule has 0 N–H and O–H groups in total. The number of amides is 2. The molecular weight excluding hydrogens is 454 g/mol. The summed E-state index contributed by atoms with van der Waals surface area (Å²) in [5.74, 6) is 0.100. The zero-order valence-electron chi connectivity index (χ0n) is 21.2. The van der Waals surface area contributed by atoms with E-state index < -0.39 is 9.84 Å². The Labute approximate surface area is 205 Å². The fourth-order valence-electron chi connectivity index (χ4n) is 4.30. The Hall–Kier alpha value is -2.13. The average molecular weight is 496 g/mol. The van der Waals surface area contributed by atoms with Gasteiger partial charge in [0.1, 0.15) is 0 Å². The maximum atomic E-state index is 12.5. The predicted molar refractivity (Wildman–Crippen MR) is 134 cm³/mol. The summed E-state index contributed by atoms with van der Waals surface area (Å²) < 4.78 is 28.4. The Balaban J connectivity index is 1.81. The van der Waals surface area contributed by atoms with Crippen LogP contribution >= 0.6 is 0 Å². The molecule has 1 saturated heterocycles. The summed E-state index contributed by atoms with van der Waals surface area (Å²) in [6.45, 7) is 10.6. The zero-order chi connectivity index (χ0) is 25.1. The summed E-state index contributed by atoms with van der Waals surface area (Å²) in [6, 6.07) is 7.51. The van der Waals surface area contributed by atoms with E-state index in [1.165, 1.54) is 6.26 Å². The van der Waals surface area contributed by atoms with E-state index in [9.17, 15) is 18.0 Å². The number of benzene rings is 1. The highest BCUT2D eigenvalue weighted by Gasteiger charge is 2.24. The quantitative estimate of drug-likeness (QED) is 0.414. The highest BCUT2D eigenvalue weighted by atomic mass is 32.2. The maximum absolute atomic E-state index is 12.5. The summed E-state index contributed by atoms with van der Waals surface area (Å²) in [5.41, 5.74) is 1.13. The minimum absolute atomic E-state index is 0.100. The van der Waals surface area contributed by atoms with Crippen LogP contribution in [0.4, 0.5) is 4.79 Å². The molecule has 1 aliphatic heterocycles. The molecular formula is C25H41N3O5S. The molecule has 0 aromatic heterocycles. The van der Waals surface area contributed by atoms with Crippen LogP contribution in [0.3, 0.4) is 0 Å². The molecule has 1 aromatic rings. The van der Waals surface area contributed by atoms with E-state index in [4.69, 9.17) is 4.74 Å². The minimum Gasteiger partial charge on any atom is -0.450 e. The Morgan fingerprint density at radius 2 is 1.79 bits per heavy atom. The van der Waals surface area contributed by atoms with Crippen LogP contribution in [0.2, 0.25) is 0 Å². The second-order valence-corrected chi connectivity index (χ2v) is 11.0. The van der Waals surface area contributed by atoms with Gasteiger partial charge in [0, 0.05) is 44.9 Å². The van der Waals surface area contributed by atoms with Crippen molar-refractivity contribution in [1.82, 2.24) is 14.7 Å². The molecule has 1 unspecified atom stereocenters. The third-order valence-corrected chi connectivity index (χ3v) is 7.38. The van der Waals surface area contributed by atoms with Gasteiger partial charge in [-0.25, -0.2) is 13.2 Å². The van der Waals surface area contributed by atoms with E-state index in [0.717, 1.165) is 44.3 Å². The molecule has 1 atom stereocenters. The van der Waals surface area contributed by atoms with Gasteiger partial charge in [0.05, 0.1) is 11.5 Å². The fourth-order valence-corrected chi connectivity index (χ4v) is 4.93. The van der Waals surface area contributed by atoms with Gasteiger partial charge in [-0.1, -0.05) is 19.1 Å². The second-order valence-electron chi connectivity index (χ2n) is 9.03. The van der Waals surface area contributed by atoms with Crippen LogP contribution in [-0.4, -0.2) is 93.3 Å². The molecule has 0 spiro atoms. The third-order valence-electron chi connectivity index (χ3n) is 6.25. The van der Waals surface area contributed by atoms with Crippen molar-refractivity contribution >= 4 is 21.8 Å². The molecule has 0 radical (unpaired) electrons. The molecule has 0 bridgehead atoms. The van der Waals surface area contributed by atoms with Gasteiger partial charge in [0.15, 0.2) is 9.84 Å². The first-order chi connectivity index (χ1) is 16.2. The van der Waals surface area contributed by atoms with Gasteiger partial charge in [0.2, 0.25) is 5.91 Å². The number of rotatable bonds is 12. The lowest BCUT2D eigenvalue weighted by Crippen LogP contribution is -2.38. The molecule has 0 saturated carbocycles. The summed E-state index contributed by atoms with van der Waals surface area (Å²) >= 11 is 0. The molecule has 2 rings (SSSR count). The van der Waals surface area contributed by atoms with Crippen molar-refractivity contribution in [3.63, 3.8) is 0 Å². The lowest BCUT2D eigenvalue weighted by atomic mass is 10.1. The third kappa shape index (κ3) is 8.91. The highest BCUT2D eigenvalue weighted by Crippen LogP contribution is 2.15. The Kier molecular flexibility index (Phi) is 11.3. The first-order valence-electron chi connectivity index (χ1n) is 12.4. The number of carbonyl (C=O) groups is 2. The number of carbonyl (C=O) groups excluding carboxylic acids is 2. The van der Waals surface area contributed by atoms with Gasteiger partial charge in [-0.3, -0.25) is 4.79 Å². The summed E-state index contributed by atoms with van der Waals surface area (Å²) in [7, 11) is -3.18. The highest BCUT2D eigenvalue weighted by molar-refractivity contribution is 7.90. The Morgan fingerprint density at radius 3 is 2.41 bits per heavy atom. The fraction of sp³-hybridized carbons (Fsp3) is 0.680. The molecule has 0 aliphatic carbocycles. The van der Waals surface area contributed by atoms with E-state index >= 15 is 0 Å². The number of hydrogen-bond acceptors (Lipinski definition) is 6. The van der Waals surface area contributed by atoms with Gasteiger partial charge in [-0.05, 0) is 70.3 Å². The van der Waals surface area contributed by atoms with Gasteiger partial charge in [0.25, 0.3) is 0 Å². The predicted octanol–water partition coefficient (Wildman–Crippen LogP) is 3.20. The first-order valence-corrected chi connectivity index (χ1v) is 14.3. The summed E-state index contributed by atoms with van der Waals surface area (Å²) in [5, 5.41) is 0. The van der Waals surface area contributed by atoms with Crippen molar-refractivity contribution in [2.45, 2.75) is 63.8 Å². The summed E-state index contributed by atoms with van der Waals surface area (Å²) in [4.78, 5) is 30.7. The van der Waals surface area contributed by atoms with Crippen molar-refractivity contribution in [1.29, 1.82) is 0 Å². The number of sulfone groups is 1. The zero-order valence-corrected chi connectivity index (χ0v) is 22.0. The lowest BCUT2D eigenvalue weighted by Gasteiger charge is -2.29. The van der Waals surface area contributed by atoms with E-state index in [1.807, 2.05) is 17.0 Å². The maximum Gasteiger partial charge on any atom is 0.409 e. The van der Waals surface area contributed by atoms with Crippen molar-refractivity contribution < 1.29 is 22.7 Å². The van der Waals surface area contributed by atoms with Gasteiger partial charge in [-0.15, -0.1) is 0 Å². The van der Waals surface area contributed by atoms with Crippen molar-refractivity contribution in [2.24, 2.45) is 0 Å². The standard InChI is InChI=1S/C25H41N3O5S/c1-5-14-26(21(3)20-22-9-11-23(12-10-22)34(4,31)32)15-7-8-16-27-18-19-28(17-13-24(27)29)25(30)33-6-2/h9-12,21H,5-8,13-20H2,1-4H3. The Bertz CT molecular complexity index is 888. The molecule has 1 aliphatic rings. The molecule has 9 heteroatoms. The topological polar surface area (TPSA) is 87.2 Å². The van der Waals surface area contributed by atoms with E-state index in [2.05, 4.69) is 18.7 Å². The van der Waals surface area contributed by atoms with E-state index in [1.54, 1.807) is 24.0 Å². The van der Waals surface area contributed by atoms with E-state index in [0.29, 0.717) is 50.1 Å². The van der Waals surface area contributed by atoms with Crippen LogP contribution < -0.4 is 0 Å². The second kappa shape index (κ2) is 13.7. The Morgan fingerprint density at radius 1 is 1.09 bits per heavy atom. The molecule has 192 valence electrons. The number of unbranched alkanes of at least 4 members (excludes halogenated alkanes) is 1. The van der Waals surface area contributed by atoms with Gasteiger partial charge >= 0.3 is 6.09 Å². The molecule has 2 amide bonds. The van der Waals surface area contributed by atoms with Crippen molar-refractivity contribution in [3.05, 3.63) is 29.8 Å². The monoisotopic (exact) mass is 495 g/mol.